The van der Waals surface area contributed by atoms with Gasteiger partial charge in [0.05, 0.1) is 13.2 Å². The molecule has 27 heavy (non-hydrogen) atoms. The van der Waals surface area contributed by atoms with Crippen LogP contribution in [0, 0.1) is 0 Å². The minimum atomic E-state index is -0.192. The maximum absolute atomic E-state index is 11.5. The van der Waals surface area contributed by atoms with Crippen LogP contribution in [0.25, 0.3) is 16.8 Å². The van der Waals surface area contributed by atoms with Crippen LogP contribution in [0.4, 0.5) is 0 Å². The molecular formula is C22H24N2O3. The lowest BCUT2D eigenvalue weighted by Crippen LogP contribution is -2.11. The van der Waals surface area contributed by atoms with Crippen molar-refractivity contribution in [2.75, 3.05) is 7.11 Å². The summed E-state index contributed by atoms with van der Waals surface area (Å²) in [4.78, 5) is 15.8. The molecule has 0 aliphatic heterocycles. The van der Waals surface area contributed by atoms with Crippen molar-refractivity contribution in [1.29, 1.82) is 0 Å². The smallest absolute Gasteiger partial charge is 0.305 e. The zero-order valence-electron chi connectivity index (χ0n) is 15.6. The molecule has 4 rings (SSSR count). The molecule has 2 aromatic heterocycles. The first-order valence-corrected chi connectivity index (χ1v) is 9.52. The number of ether oxygens (including phenoxy) is 2. The summed E-state index contributed by atoms with van der Waals surface area (Å²) in [5.41, 5.74) is 4.15. The van der Waals surface area contributed by atoms with Gasteiger partial charge >= 0.3 is 5.97 Å². The average molecular weight is 364 g/mol. The highest BCUT2D eigenvalue weighted by atomic mass is 16.5. The standard InChI is InChI=1S/C22H24N2O3/c1-26-22(25)11-7-16-6-9-20(27-18-4-2-3-5-18)19(14-16)17-8-10-21-23-12-13-24(21)15-17/h6,8-10,12-15,18H,2-5,7,11H2,1H3. The van der Waals surface area contributed by atoms with E-state index < -0.39 is 0 Å². The second-order valence-electron chi connectivity index (χ2n) is 7.04. The van der Waals surface area contributed by atoms with Crippen molar-refractivity contribution < 1.29 is 14.3 Å². The summed E-state index contributed by atoms with van der Waals surface area (Å²) in [5.74, 6) is 0.714. The Bertz CT molecular complexity index is 942. The number of benzene rings is 1. The van der Waals surface area contributed by atoms with Crippen LogP contribution in [0.1, 0.15) is 37.7 Å². The van der Waals surface area contributed by atoms with E-state index in [-0.39, 0.29) is 5.97 Å². The summed E-state index contributed by atoms with van der Waals surface area (Å²) in [6.07, 6.45) is 11.8. The van der Waals surface area contributed by atoms with E-state index in [0.717, 1.165) is 40.9 Å². The van der Waals surface area contributed by atoms with Crippen LogP contribution in [-0.2, 0) is 16.0 Å². The van der Waals surface area contributed by atoms with E-state index in [9.17, 15) is 4.79 Å². The number of hydrogen-bond donors (Lipinski definition) is 0. The molecule has 0 N–H and O–H groups in total. The summed E-state index contributed by atoms with van der Waals surface area (Å²) >= 11 is 0. The lowest BCUT2D eigenvalue weighted by molar-refractivity contribution is -0.140. The largest absolute Gasteiger partial charge is 0.490 e. The molecule has 0 spiro atoms. The van der Waals surface area contributed by atoms with Gasteiger partial charge < -0.3 is 13.9 Å². The molecule has 2 heterocycles. The van der Waals surface area contributed by atoms with Gasteiger partial charge in [0.25, 0.3) is 0 Å². The molecule has 0 bridgehead atoms. The molecular weight excluding hydrogens is 340 g/mol. The van der Waals surface area contributed by atoms with Gasteiger partial charge in [0.15, 0.2) is 0 Å². The lowest BCUT2D eigenvalue weighted by Gasteiger charge is -2.18. The molecule has 1 aromatic carbocycles. The van der Waals surface area contributed by atoms with Crippen molar-refractivity contribution in [3.8, 4) is 16.9 Å². The fourth-order valence-corrected chi connectivity index (χ4v) is 3.67. The third-order valence-electron chi connectivity index (χ3n) is 5.19. The third kappa shape index (κ3) is 3.97. The highest BCUT2D eigenvalue weighted by molar-refractivity contribution is 5.73. The molecule has 0 unspecified atom stereocenters. The molecule has 1 aliphatic rings. The first-order chi connectivity index (χ1) is 13.2. The van der Waals surface area contributed by atoms with Crippen LogP contribution < -0.4 is 4.74 Å². The van der Waals surface area contributed by atoms with Gasteiger partial charge in [-0.15, -0.1) is 0 Å². The SMILES string of the molecule is COC(=O)CCc1ccc(OC2CCCC2)c(-c2ccc3nccn3c2)c1. The van der Waals surface area contributed by atoms with Gasteiger partial charge in [0, 0.05) is 36.1 Å². The fraction of sp³-hybridized carbons (Fsp3) is 0.364. The van der Waals surface area contributed by atoms with E-state index in [1.54, 1.807) is 6.20 Å². The number of nitrogens with zero attached hydrogens (tertiary/aromatic N) is 2. The molecule has 0 atom stereocenters. The average Bonchev–Trinajstić information content (AvgIpc) is 3.37. The fourth-order valence-electron chi connectivity index (χ4n) is 3.67. The Kier molecular flexibility index (Phi) is 5.10. The number of pyridine rings is 1. The highest BCUT2D eigenvalue weighted by Gasteiger charge is 2.19. The monoisotopic (exact) mass is 364 g/mol. The van der Waals surface area contributed by atoms with Crippen molar-refractivity contribution in [3.05, 3.63) is 54.5 Å². The first kappa shape index (κ1) is 17.6. The molecule has 0 amide bonds. The maximum Gasteiger partial charge on any atom is 0.305 e. The van der Waals surface area contributed by atoms with Crippen molar-refractivity contribution in [3.63, 3.8) is 0 Å². The second kappa shape index (κ2) is 7.82. The number of esters is 1. The van der Waals surface area contributed by atoms with E-state index in [2.05, 4.69) is 23.3 Å². The number of aryl methyl sites for hydroxylation is 1. The normalized spacial score (nSPS) is 14.6. The van der Waals surface area contributed by atoms with Crippen molar-refractivity contribution in [2.45, 2.75) is 44.6 Å². The van der Waals surface area contributed by atoms with Crippen molar-refractivity contribution in [2.24, 2.45) is 0 Å². The summed E-state index contributed by atoms with van der Waals surface area (Å²) in [6, 6.07) is 10.3. The van der Waals surface area contributed by atoms with E-state index in [0.29, 0.717) is 18.9 Å². The second-order valence-corrected chi connectivity index (χ2v) is 7.04. The lowest BCUT2D eigenvalue weighted by atomic mass is 10.0. The number of aromatic nitrogens is 2. The zero-order chi connectivity index (χ0) is 18.6. The predicted molar refractivity (Wildman–Crippen MR) is 104 cm³/mol. The van der Waals surface area contributed by atoms with Gasteiger partial charge in [-0.3, -0.25) is 4.79 Å². The van der Waals surface area contributed by atoms with E-state index in [1.165, 1.54) is 20.0 Å². The van der Waals surface area contributed by atoms with Gasteiger partial charge in [0.1, 0.15) is 11.4 Å². The number of hydrogen-bond acceptors (Lipinski definition) is 4. The Hall–Kier alpha value is -2.82. The molecule has 1 aliphatic carbocycles. The minimum Gasteiger partial charge on any atom is -0.490 e. The van der Waals surface area contributed by atoms with Crippen LogP contribution in [0.15, 0.2) is 48.9 Å². The molecule has 0 saturated heterocycles. The van der Waals surface area contributed by atoms with Crippen molar-refractivity contribution in [1.82, 2.24) is 9.38 Å². The Morgan fingerprint density at radius 1 is 1.22 bits per heavy atom. The summed E-state index contributed by atoms with van der Waals surface area (Å²) in [5, 5.41) is 0. The van der Waals surface area contributed by atoms with Gasteiger partial charge in [-0.05, 0) is 61.9 Å². The Balaban J connectivity index is 1.68. The number of methoxy groups -OCH3 is 1. The Morgan fingerprint density at radius 3 is 2.89 bits per heavy atom. The molecule has 1 saturated carbocycles. The van der Waals surface area contributed by atoms with Crippen LogP contribution in [0.3, 0.4) is 0 Å². The summed E-state index contributed by atoms with van der Waals surface area (Å²) in [6.45, 7) is 0. The first-order valence-electron chi connectivity index (χ1n) is 9.52. The molecule has 0 radical (unpaired) electrons. The molecule has 5 heteroatoms. The van der Waals surface area contributed by atoms with Crippen LogP contribution >= 0.6 is 0 Å². The van der Waals surface area contributed by atoms with Crippen LogP contribution in [-0.4, -0.2) is 28.6 Å². The number of imidazole rings is 1. The van der Waals surface area contributed by atoms with Gasteiger partial charge in [-0.1, -0.05) is 6.07 Å². The quantitative estimate of drug-likeness (QED) is 0.607. The van der Waals surface area contributed by atoms with Crippen LogP contribution in [0.2, 0.25) is 0 Å². The van der Waals surface area contributed by atoms with Gasteiger partial charge in [0.2, 0.25) is 0 Å². The maximum atomic E-state index is 11.5. The molecule has 5 nitrogen and oxygen atoms in total. The minimum absolute atomic E-state index is 0.192. The van der Waals surface area contributed by atoms with Crippen molar-refractivity contribution >= 4 is 11.6 Å². The number of fused-ring (bicyclic) bond motifs is 1. The van der Waals surface area contributed by atoms with Gasteiger partial charge in [-0.25, -0.2) is 4.98 Å². The van der Waals surface area contributed by atoms with E-state index in [1.807, 2.05) is 28.8 Å². The Morgan fingerprint density at radius 2 is 2.07 bits per heavy atom. The topological polar surface area (TPSA) is 52.8 Å². The molecule has 140 valence electrons. The van der Waals surface area contributed by atoms with Crippen LogP contribution in [0.5, 0.6) is 5.75 Å². The number of carbonyl (C=O) groups excluding carboxylic acids is 1. The number of rotatable bonds is 6. The summed E-state index contributed by atoms with van der Waals surface area (Å²) in [7, 11) is 1.42. The van der Waals surface area contributed by atoms with E-state index >= 15 is 0 Å². The summed E-state index contributed by atoms with van der Waals surface area (Å²) < 4.78 is 13.1. The third-order valence-corrected chi connectivity index (χ3v) is 5.19. The predicted octanol–water partition coefficient (Wildman–Crippen LogP) is 4.43. The molecule has 1 fully saturated rings. The van der Waals surface area contributed by atoms with E-state index in [4.69, 9.17) is 9.47 Å². The Labute approximate surface area is 158 Å². The van der Waals surface area contributed by atoms with Gasteiger partial charge in [-0.2, -0.15) is 0 Å². The zero-order valence-corrected chi connectivity index (χ0v) is 15.6. The molecule has 3 aromatic rings. The number of carbonyl (C=O) groups is 1. The highest BCUT2D eigenvalue weighted by Crippen LogP contribution is 2.34.